The van der Waals surface area contributed by atoms with Crippen molar-refractivity contribution in [2.75, 3.05) is 19.6 Å². The summed E-state index contributed by atoms with van der Waals surface area (Å²) in [7, 11) is 0. The van der Waals surface area contributed by atoms with Crippen LogP contribution in [-0.4, -0.2) is 24.5 Å². The topological polar surface area (TPSA) is 3.24 Å². The van der Waals surface area contributed by atoms with Crippen LogP contribution in [0.2, 0.25) is 0 Å². The molecule has 0 spiro atoms. The minimum atomic E-state index is 0.951. The molecule has 12 heavy (non-hydrogen) atoms. The summed E-state index contributed by atoms with van der Waals surface area (Å²) in [6.07, 6.45) is 4.20. The van der Waals surface area contributed by atoms with Crippen molar-refractivity contribution in [3.8, 4) is 0 Å². The Morgan fingerprint density at radius 1 is 1.17 bits per heavy atom. The molecule has 1 aliphatic heterocycles. The van der Waals surface area contributed by atoms with Gasteiger partial charge in [-0.15, -0.1) is 0 Å². The number of hydrogen-bond donors (Lipinski definition) is 0. The Morgan fingerprint density at radius 3 is 2.42 bits per heavy atom. The van der Waals surface area contributed by atoms with E-state index in [4.69, 9.17) is 0 Å². The van der Waals surface area contributed by atoms with E-state index < -0.39 is 0 Å². The van der Waals surface area contributed by atoms with Crippen LogP contribution in [0.15, 0.2) is 0 Å². The third-order valence-electron chi connectivity index (χ3n) is 3.49. The molecular weight excluding hydrogens is 146 g/mol. The second kappa shape index (κ2) is 4.86. The number of hydrogen-bond acceptors (Lipinski definition) is 1. The maximum Gasteiger partial charge on any atom is -0.00161 e. The Kier molecular flexibility index (Phi) is 4.07. The molecule has 0 saturated carbocycles. The lowest BCUT2D eigenvalue weighted by Crippen LogP contribution is -2.24. The molecule has 1 fully saturated rings. The predicted molar refractivity (Wildman–Crippen MR) is 54.3 cm³/mol. The molecule has 2 unspecified atom stereocenters. The molecule has 1 aliphatic rings. The third kappa shape index (κ3) is 2.48. The van der Waals surface area contributed by atoms with Gasteiger partial charge in [-0.25, -0.2) is 0 Å². The Balaban J connectivity index is 2.41. The molecule has 0 aromatic carbocycles. The Bertz CT molecular complexity index is 122. The summed E-state index contributed by atoms with van der Waals surface area (Å²) in [4.78, 5) is 2.59. The van der Waals surface area contributed by atoms with E-state index in [1.54, 1.807) is 0 Å². The van der Waals surface area contributed by atoms with Gasteiger partial charge < -0.3 is 4.90 Å². The molecule has 1 nitrogen and oxygen atoms in total. The van der Waals surface area contributed by atoms with Gasteiger partial charge in [-0.05, 0) is 44.3 Å². The molecule has 1 rings (SSSR count). The fraction of sp³-hybridized carbons (Fsp3) is 1.00. The van der Waals surface area contributed by atoms with Crippen LogP contribution in [-0.2, 0) is 0 Å². The SMILES string of the molecule is CCC1CCN(CC)CCC1C. The summed E-state index contributed by atoms with van der Waals surface area (Å²) in [5.41, 5.74) is 0. The van der Waals surface area contributed by atoms with Crippen LogP contribution >= 0.6 is 0 Å². The van der Waals surface area contributed by atoms with Gasteiger partial charge in [-0.3, -0.25) is 0 Å². The standard InChI is InChI=1S/C11H23N/c1-4-11-7-9-12(5-2)8-6-10(11)3/h10-11H,4-9H2,1-3H3. The predicted octanol–water partition coefficient (Wildman–Crippen LogP) is 2.76. The second-order valence-electron chi connectivity index (χ2n) is 4.16. The first kappa shape index (κ1) is 10.0. The molecule has 0 aliphatic carbocycles. The zero-order chi connectivity index (χ0) is 8.97. The lowest BCUT2D eigenvalue weighted by Gasteiger charge is -2.18. The van der Waals surface area contributed by atoms with Gasteiger partial charge in [0.05, 0.1) is 0 Å². The lowest BCUT2D eigenvalue weighted by atomic mass is 9.88. The average Bonchev–Trinajstić information content (AvgIpc) is 2.27. The van der Waals surface area contributed by atoms with E-state index in [-0.39, 0.29) is 0 Å². The Labute approximate surface area is 77.1 Å². The average molecular weight is 169 g/mol. The number of rotatable bonds is 2. The van der Waals surface area contributed by atoms with E-state index in [1.807, 2.05) is 0 Å². The summed E-state index contributed by atoms with van der Waals surface area (Å²) in [5.74, 6) is 1.94. The van der Waals surface area contributed by atoms with E-state index >= 15 is 0 Å². The summed E-state index contributed by atoms with van der Waals surface area (Å²) in [6.45, 7) is 10.9. The van der Waals surface area contributed by atoms with Crippen LogP contribution in [0.25, 0.3) is 0 Å². The molecule has 0 radical (unpaired) electrons. The van der Waals surface area contributed by atoms with Crippen LogP contribution in [0.4, 0.5) is 0 Å². The highest BCUT2D eigenvalue weighted by molar-refractivity contribution is 4.73. The van der Waals surface area contributed by atoms with Gasteiger partial charge in [0.2, 0.25) is 0 Å². The van der Waals surface area contributed by atoms with Crippen LogP contribution < -0.4 is 0 Å². The maximum absolute atomic E-state index is 2.59. The van der Waals surface area contributed by atoms with E-state index in [2.05, 4.69) is 25.7 Å². The first-order valence-electron chi connectivity index (χ1n) is 5.50. The van der Waals surface area contributed by atoms with Crippen molar-refractivity contribution in [2.45, 2.75) is 40.0 Å². The van der Waals surface area contributed by atoms with Gasteiger partial charge in [0.1, 0.15) is 0 Å². The van der Waals surface area contributed by atoms with Gasteiger partial charge in [0.25, 0.3) is 0 Å². The van der Waals surface area contributed by atoms with Gasteiger partial charge in [-0.2, -0.15) is 0 Å². The second-order valence-corrected chi connectivity index (χ2v) is 4.16. The fourth-order valence-corrected chi connectivity index (χ4v) is 2.29. The van der Waals surface area contributed by atoms with E-state index in [9.17, 15) is 0 Å². The molecule has 0 amide bonds. The molecule has 1 saturated heterocycles. The van der Waals surface area contributed by atoms with Crippen molar-refractivity contribution >= 4 is 0 Å². The van der Waals surface area contributed by atoms with Crippen molar-refractivity contribution in [1.29, 1.82) is 0 Å². The highest BCUT2D eigenvalue weighted by Crippen LogP contribution is 2.25. The molecular formula is C11H23N. The molecule has 72 valence electrons. The van der Waals surface area contributed by atoms with Gasteiger partial charge in [0.15, 0.2) is 0 Å². The van der Waals surface area contributed by atoms with Crippen LogP contribution in [0.1, 0.15) is 40.0 Å². The summed E-state index contributed by atoms with van der Waals surface area (Å²) in [5, 5.41) is 0. The number of nitrogens with zero attached hydrogens (tertiary/aromatic N) is 1. The van der Waals surface area contributed by atoms with Gasteiger partial charge in [-0.1, -0.05) is 27.2 Å². The van der Waals surface area contributed by atoms with Crippen molar-refractivity contribution < 1.29 is 0 Å². The van der Waals surface area contributed by atoms with Crippen molar-refractivity contribution in [3.63, 3.8) is 0 Å². The molecule has 2 atom stereocenters. The van der Waals surface area contributed by atoms with E-state index in [0.717, 1.165) is 11.8 Å². The van der Waals surface area contributed by atoms with Crippen LogP contribution in [0, 0.1) is 11.8 Å². The third-order valence-corrected chi connectivity index (χ3v) is 3.49. The van der Waals surface area contributed by atoms with Crippen molar-refractivity contribution in [2.24, 2.45) is 11.8 Å². The molecule has 0 N–H and O–H groups in total. The first-order valence-corrected chi connectivity index (χ1v) is 5.50. The normalized spacial score (nSPS) is 33.2. The first-order chi connectivity index (χ1) is 5.77. The van der Waals surface area contributed by atoms with Gasteiger partial charge >= 0.3 is 0 Å². The van der Waals surface area contributed by atoms with Crippen molar-refractivity contribution in [3.05, 3.63) is 0 Å². The summed E-state index contributed by atoms with van der Waals surface area (Å²) in [6, 6.07) is 0. The fourth-order valence-electron chi connectivity index (χ4n) is 2.29. The molecule has 0 aromatic heterocycles. The molecule has 0 aromatic rings. The van der Waals surface area contributed by atoms with Gasteiger partial charge in [0, 0.05) is 0 Å². The number of likely N-dealkylation sites (tertiary alicyclic amines) is 1. The van der Waals surface area contributed by atoms with Crippen molar-refractivity contribution in [1.82, 2.24) is 4.90 Å². The zero-order valence-corrected chi connectivity index (χ0v) is 8.84. The molecule has 0 bridgehead atoms. The Morgan fingerprint density at radius 2 is 1.83 bits per heavy atom. The summed E-state index contributed by atoms with van der Waals surface area (Å²) >= 11 is 0. The largest absolute Gasteiger partial charge is 0.304 e. The monoisotopic (exact) mass is 169 g/mol. The quantitative estimate of drug-likeness (QED) is 0.614. The molecule has 1 heterocycles. The minimum absolute atomic E-state index is 0.951. The zero-order valence-electron chi connectivity index (χ0n) is 8.84. The highest BCUT2D eigenvalue weighted by atomic mass is 15.1. The highest BCUT2D eigenvalue weighted by Gasteiger charge is 2.20. The maximum atomic E-state index is 2.59. The van der Waals surface area contributed by atoms with E-state index in [0.29, 0.717) is 0 Å². The van der Waals surface area contributed by atoms with Crippen LogP contribution in [0.5, 0.6) is 0 Å². The Hall–Kier alpha value is -0.0400. The molecule has 1 heteroatoms. The lowest BCUT2D eigenvalue weighted by molar-refractivity contribution is 0.295. The van der Waals surface area contributed by atoms with Crippen LogP contribution in [0.3, 0.4) is 0 Å². The minimum Gasteiger partial charge on any atom is -0.304 e. The summed E-state index contributed by atoms with van der Waals surface area (Å²) < 4.78 is 0. The smallest absolute Gasteiger partial charge is 0.00161 e. The van der Waals surface area contributed by atoms with E-state index in [1.165, 1.54) is 38.9 Å².